The van der Waals surface area contributed by atoms with E-state index in [0.29, 0.717) is 0 Å². The minimum absolute atomic E-state index is 0.895. The molecule has 0 unspecified atom stereocenters. The molecule has 4 rings (SSSR count). The number of hydrogen-bond donors (Lipinski definition) is 0. The molecule has 1 nitrogen and oxygen atoms in total. The zero-order valence-corrected chi connectivity index (χ0v) is 11.7. The Morgan fingerprint density at radius 3 is 2.24 bits per heavy atom. The number of fused-ring (bicyclic) bond motifs is 2. The predicted octanol–water partition coefficient (Wildman–Crippen LogP) is 4.33. The lowest BCUT2D eigenvalue weighted by molar-refractivity contribution is -0.662. The molecule has 0 amide bonds. The zero-order chi connectivity index (χ0) is 14.1. The van der Waals surface area contributed by atoms with E-state index >= 15 is 0 Å². The Morgan fingerprint density at radius 2 is 1.33 bits per heavy atom. The standard InChI is InChI=1S/C20H16N/c1-2-8-19-14-16(11-12-17(19)6-1)15-21-13-5-9-18-7-3-4-10-20(18)21/h1-14H,15H2/q+1. The average Bonchev–Trinajstić information content (AvgIpc) is 2.55. The van der Waals surface area contributed by atoms with E-state index in [-0.39, 0.29) is 0 Å². The van der Waals surface area contributed by atoms with E-state index in [0.717, 1.165) is 6.54 Å². The van der Waals surface area contributed by atoms with Gasteiger partial charge in [0.1, 0.15) is 0 Å². The third-order valence-corrected chi connectivity index (χ3v) is 3.95. The smallest absolute Gasteiger partial charge is 0.194 e. The normalized spacial score (nSPS) is 11.0. The van der Waals surface area contributed by atoms with Crippen LogP contribution in [0.3, 0.4) is 0 Å². The highest BCUT2D eigenvalue weighted by Gasteiger charge is 2.08. The molecule has 0 N–H and O–H groups in total. The molecule has 0 saturated heterocycles. The van der Waals surface area contributed by atoms with E-state index < -0.39 is 0 Å². The molecule has 0 atom stereocenters. The average molecular weight is 270 g/mol. The predicted molar refractivity (Wildman–Crippen MR) is 87.2 cm³/mol. The highest BCUT2D eigenvalue weighted by Crippen LogP contribution is 2.16. The van der Waals surface area contributed by atoms with Crippen molar-refractivity contribution in [2.75, 3.05) is 0 Å². The van der Waals surface area contributed by atoms with E-state index in [1.165, 1.54) is 27.2 Å². The summed E-state index contributed by atoms with van der Waals surface area (Å²) in [4.78, 5) is 0. The molecule has 0 aliphatic heterocycles. The van der Waals surface area contributed by atoms with Crippen LogP contribution >= 0.6 is 0 Å². The second kappa shape index (κ2) is 5.02. The van der Waals surface area contributed by atoms with Gasteiger partial charge in [0.2, 0.25) is 5.52 Å². The third kappa shape index (κ3) is 2.27. The van der Waals surface area contributed by atoms with Crippen LogP contribution in [0, 0.1) is 0 Å². The molecule has 0 aliphatic carbocycles. The van der Waals surface area contributed by atoms with E-state index in [1.54, 1.807) is 0 Å². The SMILES string of the molecule is c1ccc2cc(C[n+]3cccc4ccccc43)ccc2c1. The molecule has 1 aromatic heterocycles. The zero-order valence-electron chi connectivity index (χ0n) is 11.7. The van der Waals surface area contributed by atoms with Crippen LogP contribution in [-0.4, -0.2) is 0 Å². The van der Waals surface area contributed by atoms with Crippen LogP contribution in [0.25, 0.3) is 21.7 Å². The molecule has 3 aromatic carbocycles. The number of hydrogen-bond acceptors (Lipinski definition) is 0. The maximum atomic E-state index is 2.30. The van der Waals surface area contributed by atoms with Gasteiger partial charge in [0.05, 0.1) is 0 Å². The van der Waals surface area contributed by atoms with E-state index in [4.69, 9.17) is 0 Å². The van der Waals surface area contributed by atoms with Crippen molar-refractivity contribution >= 4 is 21.7 Å². The molecule has 0 radical (unpaired) electrons. The summed E-state index contributed by atoms with van der Waals surface area (Å²) < 4.78 is 2.30. The Labute approximate surface area is 124 Å². The van der Waals surface area contributed by atoms with Crippen molar-refractivity contribution in [3.8, 4) is 0 Å². The lowest BCUT2D eigenvalue weighted by Crippen LogP contribution is -2.34. The Bertz CT molecular complexity index is 919. The van der Waals surface area contributed by atoms with Crippen LogP contribution in [0.15, 0.2) is 85.1 Å². The summed E-state index contributed by atoms with van der Waals surface area (Å²) in [5.41, 5.74) is 2.60. The molecule has 1 heterocycles. The van der Waals surface area contributed by atoms with Crippen molar-refractivity contribution in [1.82, 2.24) is 0 Å². The number of rotatable bonds is 2. The van der Waals surface area contributed by atoms with Gasteiger partial charge in [-0.15, -0.1) is 0 Å². The van der Waals surface area contributed by atoms with Crippen molar-refractivity contribution in [3.63, 3.8) is 0 Å². The largest absolute Gasteiger partial charge is 0.212 e. The monoisotopic (exact) mass is 270 g/mol. The van der Waals surface area contributed by atoms with Gasteiger partial charge in [0.15, 0.2) is 12.7 Å². The number of pyridine rings is 1. The van der Waals surface area contributed by atoms with E-state index in [9.17, 15) is 0 Å². The summed E-state index contributed by atoms with van der Waals surface area (Å²) >= 11 is 0. The molecule has 0 aliphatic rings. The van der Waals surface area contributed by atoms with Gasteiger partial charge in [-0.2, -0.15) is 4.57 Å². The van der Waals surface area contributed by atoms with Crippen molar-refractivity contribution in [1.29, 1.82) is 0 Å². The molecular weight excluding hydrogens is 254 g/mol. The minimum atomic E-state index is 0.895. The molecule has 0 bridgehead atoms. The molecule has 1 heteroatoms. The molecule has 21 heavy (non-hydrogen) atoms. The summed E-state index contributed by atoms with van der Waals surface area (Å²) in [6, 6.07) is 28.0. The second-order valence-corrected chi connectivity index (χ2v) is 5.38. The van der Waals surface area contributed by atoms with Crippen LogP contribution in [-0.2, 0) is 6.54 Å². The number of para-hydroxylation sites is 1. The lowest BCUT2D eigenvalue weighted by Gasteiger charge is -2.03. The number of nitrogens with zero attached hydrogens (tertiary/aromatic N) is 1. The van der Waals surface area contributed by atoms with Gasteiger partial charge < -0.3 is 0 Å². The molecular formula is C20H16N+. The molecule has 0 fully saturated rings. The fourth-order valence-electron chi connectivity index (χ4n) is 2.89. The minimum Gasteiger partial charge on any atom is -0.194 e. The first-order valence-corrected chi connectivity index (χ1v) is 7.25. The number of benzene rings is 3. The van der Waals surface area contributed by atoms with Crippen LogP contribution in [0.2, 0.25) is 0 Å². The maximum Gasteiger partial charge on any atom is 0.212 e. The topological polar surface area (TPSA) is 3.88 Å². The van der Waals surface area contributed by atoms with E-state index in [1.807, 2.05) is 0 Å². The Balaban J connectivity index is 1.79. The van der Waals surface area contributed by atoms with Gasteiger partial charge in [-0.1, -0.05) is 48.5 Å². The first kappa shape index (κ1) is 12.1. The first-order valence-electron chi connectivity index (χ1n) is 7.25. The van der Waals surface area contributed by atoms with Crippen molar-refractivity contribution in [3.05, 3.63) is 90.6 Å². The summed E-state index contributed by atoms with van der Waals surface area (Å²) in [6.45, 7) is 0.895. The summed E-state index contributed by atoms with van der Waals surface area (Å²) in [5.74, 6) is 0. The van der Waals surface area contributed by atoms with E-state index in [2.05, 4.69) is 89.6 Å². The lowest BCUT2D eigenvalue weighted by atomic mass is 10.1. The fraction of sp³-hybridized carbons (Fsp3) is 0.0500. The van der Waals surface area contributed by atoms with Crippen molar-refractivity contribution < 1.29 is 4.57 Å². The van der Waals surface area contributed by atoms with Gasteiger partial charge in [-0.3, -0.25) is 0 Å². The first-order chi connectivity index (χ1) is 10.4. The van der Waals surface area contributed by atoms with Crippen LogP contribution in [0.5, 0.6) is 0 Å². The molecule has 4 aromatic rings. The van der Waals surface area contributed by atoms with Gasteiger partial charge in [0, 0.05) is 23.1 Å². The highest BCUT2D eigenvalue weighted by molar-refractivity contribution is 5.83. The fourth-order valence-corrected chi connectivity index (χ4v) is 2.89. The van der Waals surface area contributed by atoms with Crippen molar-refractivity contribution in [2.45, 2.75) is 6.54 Å². The van der Waals surface area contributed by atoms with Crippen LogP contribution < -0.4 is 4.57 Å². The third-order valence-electron chi connectivity index (χ3n) is 3.95. The van der Waals surface area contributed by atoms with Gasteiger partial charge in [-0.05, 0) is 29.0 Å². The Hall–Kier alpha value is -2.67. The molecule has 0 spiro atoms. The maximum absolute atomic E-state index is 2.30. The molecule has 100 valence electrons. The molecule has 0 saturated carbocycles. The Morgan fingerprint density at radius 1 is 0.619 bits per heavy atom. The summed E-state index contributed by atoms with van der Waals surface area (Å²) in [6.07, 6.45) is 2.15. The van der Waals surface area contributed by atoms with Crippen molar-refractivity contribution in [2.24, 2.45) is 0 Å². The van der Waals surface area contributed by atoms with Gasteiger partial charge in [-0.25, -0.2) is 0 Å². The quantitative estimate of drug-likeness (QED) is 0.477. The second-order valence-electron chi connectivity index (χ2n) is 5.38. The summed E-state index contributed by atoms with van der Waals surface area (Å²) in [7, 11) is 0. The Kier molecular flexibility index (Phi) is 2.89. The van der Waals surface area contributed by atoms with Gasteiger partial charge in [0.25, 0.3) is 0 Å². The van der Waals surface area contributed by atoms with Crippen LogP contribution in [0.4, 0.5) is 0 Å². The van der Waals surface area contributed by atoms with Crippen LogP contribution in [0.1, 0.15) is 5.56 Å². The number of aromatic nitrogens is 1. The summed E-state index contributed by atoms with van der Waals surface area (Å²) in [5, 5.41) is 3.88. The highest BCUT2D eigenvalue weighted by atomic mass is 14.9. The van der Waals surface area contributed by atoms with Gasteiger partial charge >= 0.3 is 0 Å².